The third-order valence-corrected chi connectivity index (χ3v) is 7.53. The Morgan fingerprint density at radius 1 is 0.857 bits per heavy atom. The van der Waals surface area contributed by atoms with Crippen molar-refractivity contribution < 1.29 is 45.6 Å². The number of nitro groups is 1. The van der Waals surface area contributed by atoms with E-state index in [1.165, 1.54) is 12.1 Å². The molecule has 0 spiro atoms. The molecular weight excluding hydrogens is 596 g/mol. The van der Waals surface area contributed by atoms with Gasteiger partial charge in [0.05, 0.1) is 14.7 Å². The minimum absolute atomic E-state index is 0.0442. The average molecular weight is 617 g/mol. The molecule has 0 aromatic heterocycles. The second-order valence-corrected chi connectivity index (χ2v) is 11.7. The number of nitrogens with one attached hydrogen (secondary N) is 3. The summed E-state index contributed by atoms with van der Waals surface area (Å²) in [5, 5.41) is 28.5. The Balaban J connectivity index is 0.000000197. The number of benzene rings is 4. The van der Waals surface area contributed by atoms with E-state index >= 15 is 0 Å². The molecule has 4 aromatic carbocycles. The smallest absolute Gasteiger partial charge is 0.323 e. The number of nitrogens with zero attached hydrogens (tertiary/aromatic N) is 1. The molecule has 0 atom stereocenters. The van der Waals surface area contributed by atoms with Crippen molar-refractivity contribution in [3.05, 3.63) is 88.0 Å². The number of amides is 3. The van der Waals surface area contributed by atoms with Crippen molar-refractivity contribution in [3.63, 3.8) is 0 Å². The second kappa shape index (κ2) is 11.1. The predicted octanol–water partition coefficient (Wildman–Crippen LogP) is 4.15. The minimum Gasteiger partial charge on any atom is -0.507 e. The number of anilines is 3. The summed E-state index contributed by atoms with van der Waals surface area (Å²) in [6.45, 7) is 1.62. The van der Waals surface area contributed by atoms with E-state index in [-0.39, 0.29) is 22.4 Å². The summed E-state index contributed by atoms with van der Waals surface area (Å²) < 4.78 is 61.7. The summed E-state index contributed by atoms with van der Waals surface area (Å²) >= 11 is 0. The predicted molar refractivity (Wildman–Crippen MR) is 150 cm³/mol. The van der Waals surface area contributed by atoms with E-state index < -0.39 is 46.7 Å². The van der Waals surface area contributed by atoms with Gasteiger partial charge in [-0.25, -0.2) is 4.79 Å². The van der Waals surface area contributed by atoms with Crippen molar-refractivity contribution in [3.8, 4) is 5.75 Å². The van der Waals surface area contributed by atoms with Gasteiger partial charge in [-0.05, 0) is 60.8 Å². The summed E-state index contributed by atoms with van der Waals surface area (Å²) in [7, 11) is -8.99. The summed E-state index contributed by atoms with van der Waals surface area (Å²) in [4.78, 5) is 32.8. The summed E-state index contributed by atoms with van der Waals surface area (Å²) in [5.41, 5.74) is 2.27. The van der Waals surface area contributed by atoms with E-state index in [1.54, 1.807) is 37.3 Å². The van der Waals surface area contributed by atoms with Gasteiger partial charge in [-0.15, -0.1) is 0 Å². The lowest BCUT2D eigenvalue weighted by molar-refractivity contribution is -0.385. The first kappa shape index (κ1) is 29.9. The van der Waals surface area contributed by atoms with Crippen LogP contribution in [0.15, 0.2) is 76.5 Å². The highest BCUT2D eigenvalue weighted by atomic mass is 32.2. The van der Waals surface area contributed by atoms with E-state index in [9.17, 15) is 41.6 Å². The van der Waals surface area contributed by atoms with Gasteiger partial charge in [-0.3, -0.25) is 24.0 Å². The zero-order valence-corrected chi connectivity index (χ0v) is 22.9. The second-order valence-electron chi connectivity index (χ2n) is 8.87. The molecule has 1 aliphatic heterocycles. The van der Waals surface area contributed by atoms with Crippen molar-refractivity contribution in [2.75, 3.05) is 16.0 Å². The third kappa shape index (κ3) is 6.78. The average Bonchev–Trinajstić information content (AvgIpc) is 3.14. The number of fused-ring (bicyclic) bond motifs is 3. The fraction of sp³-hybridized carbons (Fsp3) is 0.0400. The molecule has 0 saturated carbocycles. The maximum Gasteiger partial charge on any atom is 0.323 e. The monoisotopic (exact) mass is 616 g/mol. The van der Waals surface area contributed by atoms with Crippen LogP contribution in [0.1, 0.15) is 15.9 Å². The molecule has 3 amide bonds. The lowest BCUT2D eigenvalue weighted by Crippen LogP contribution is -2.19. The molecule has 0 aliphatic carbocycles. The van der Waals surface area contributed by atoms with Gasteiger partial charge in [0.25, 0.3) is 31.8 Å². The van der Waals surface area contributed by atoms with Gasteiger partial charge < -0.3 is 21.1 Å². The number of carbonyl (C=O) groups is 2. The number of phenols is 1. The Hall–Kier alpha value is -5.10. The van der Waals surface area contributed by atoms with Crippen LogP contribution in [-0.4, -0.2) is 47.9 Å². The Kier molecular flexibility index (Phi) is 7.86. The van der Waals surface area contributed by atoms with Crippen molar-refractivity contribution in [2.45, 2.75) is 16.7 Å². The molecular formula is C25H20N4O11S2. The molecule has 0 unspecified atom stereocenters. The van der Waals surface area contributed by atoms with Crippen molar-refractivity contribution in [1.29, 1.82) is 0 Å². The topological polar surface area (TPSA) is 242 Å². The molecule has 1 heterocycles. The van der Waals surface area contributed by atoms with E-state index in [2.05, 4.69) is 16.0 Å². The first-order valence-corrected chi connectivity index (χ1v) is 14.4. The Bertz CT molecular complexity index is 2010. The van der Waals surface area contributed by atoms with Crippen LogP contribution in [0.5, 0.6) is 5.75 Å². The van der Waals surface area contributed by atoms with Gasteiger partial charge in [-0.2, -0.15) is 16.8 Å². The molecule has 42 heavy (non-hydrogen) atoms. The van der Waals surface area contributed by atoms with Gasteiger partial charge >= 0.3 is 6.03 Å². The quantitative estimate of drug-likeness (QED) is 0.106. The van der Waals surface area contributed by atoms with Crippen molar-refractivity contribution >= 4 is 65.7 Å². The maximum absolute atomic E-state index is 12.0. The molecule has 4 aromatic rings. The highest BCUT2D eigenvalue weighted by molar-refractivity contribution is 7.86. The van der Waals surface area contributed by atoms with Gasteiger partial charge in [-0.1, -0.05) is 6.07 Å². The number of hydrogen-bond acceptors (Lipinski definition) is 9. The maximum atomic E-state index is 12.0. The molecule has 5 rings (SSSR count). The van der Waals surface area contributed by atoms with Crippen LogP contribution < -0.4 is 16.0 Å². The number of rotatable bonds is 5. The zero-order chi connectivity index (χ0) is 31.0. The highest BCUT2D eigenvalue weighted by Gasteiger charge is 2.18. The highest BCUT2D eigenvalue weighted by Crippen LogP contribution is 2.30. The van der Waals surface area contributed by atoms with Crippen LogP contribution in [-0.2, 0) is 20.2 Å². The molecule has 0 fully saturated rings. The van der Waals surface area contributed by atoms with Gasteiger partial charge in [0.1, 0.15) is 5.75 Å². The number of nitro benzene ring substituents is 1. The lowest BCUT2D eigenvalue weighted by atomic mass is 10.1. The zero-order valence-electron chi connectivity index (χ0n) is 21.2. The summed E-state index contributed by atoms with van der Waals surface area (Å²) in [5.74, 6) is -0.658. The van der Waals surface area contributed by atoms with E-state index in [0.717, 1.165) is 24.3 Å². The largest absolute Gasteiger partial charge is 0.507 e. The number of carbonyl (C=O) groups excluding carboxylic acids is 2. The molecule has 2 bridgehead atoms. The first-order chi connectivity index (χ1) is 19.5. The molecule has 17 heteroatoms. The number of urea groups is 1. The van der Waals surface area contributed by atoms with Crippen LogP contribution in [0.4, 0.5) is 27.5 Å². The number of aryl methyl sites for hydroxylation is 1. The Morgan fingerprint density at radius 3 is 2.12 bits per heavy atom. The summed E-state index contributed by atoms with van der Waals surface area (Å²) in [6.07, 6.45) is 0. The van der Waals surface area contributed by atoms with Gasteiger partial charge in [0.15, 0.2) is 0 Å². The number of hydrogen-bond donors (Lipinski definition) is 6. The molecule has 6 N–H and O–H groups in total. The molecule has 1 aliphatic rings. The van der Waals surface area contributed by atoms with Crippen LogP contribution in [0, 0.1) is 17.0 Å². The molecule has 15 nitrogen and oxygen atoms in total. The van der Waals surface area contributed by atoms with Crippen LogP contribution in [0.25, 0.3) is 10.8 Å². The SMILES string of the molecule is Cc1ccc(NC(=O)Nc2cc3cc(c2)C(=O)N3)cc1[N+](=O)[O-].O=S(=O)(O)c1ccc2c(O)cc(S(=O)(=O)O)cc2c1. The van der Waals surface area contributed by atoms with Gasteiger partial charge in [0.2, 0.25) is 0 Å². The normalized spacial score (nSPS) is 12.2. The molecule has 218 valence electrons. The number of aromatic hydroxyl groups is 1. The van der Waals surface area contributed by atoms with E-state index in [0.29, 0.717) is 28.2 Å². The van der Waals surface area contributed by atoms with Crippen LogP contribution >= 0.6 is 0 Å². The van der Waals surface area contributed by atoms with E-state index in [1.807, 2.05) is 0 Å². The third-order valence-electron chi connectivity index (χ3n) is 5.85. The fourth-order valence-corrected chi connectivity index (χ4v) is 4.95. The summed E-state index contributed by atoms with van der Waals surface area (Å²) in [6, 6.07) is 13.8. The van der Waals surface area contributed by atoms with Crippen LogP contribution in [0.3, 0.4) is 0 Å². The Morgan fingerprint density at radius 2 is 1.50 bits per heavy atom. The van der Waals surface area contributed by atoms with Gasteiger partial charge in [0, 0.05) is 45.7 Å². The standard InChI is InChI=1S/C15H12N4O4.C10H8O7S2/c1-8-2-3-10(7-13(8)19(22)23)17-15(21)18-12-5-9-4-11(6-12)16-14(9)20;11-10-5-8(19(15,16)17)4-6-3-7(18(12,13)14)1-2-9(6)10/h2-7H,1H3,(H,16,20)(H2,17,18,21);1-5,11H,(H,12,13,14)(H,15,16,17). The van der Waals surface area contributed by atoms with Crippen molar-refractivity contribution in [1.82, 2.24) is 0 Å². The Labute approximate surface area is 237 Å². The molecule has 0 radical (unpaired) electrons. The fourth-order valence-electron chi connectivity index (χ4n) is 3.89. The lowest BCUT2D eigenvalue weighted by Gasteiger charge is -2.08. The number of phenolic OH excluding ortho intramolecular Hbond substituents is 1. The minimum atomic E-state index is -4.54. The first-order valence-electron chi connectivity index (χ1n) is 11.5. The van der Waals surface area contributed by atoms with Crippen molar-refractivity contribution in [2.24, 2.45) is 0 Å². The van der Waals surface area contributed by atoms with Crippen LogP contribution in [0.2, 0.25) is 0 Å². The molecule has 0 saturated heterocycles. The van der Waals surface area contributed by atoms with E-state index in [4.69, 9.17) is 9.11 Å².